The molecule has 98 valence electrons. The molecule has 0 aromatic heterocycles. The first kappa shape index (κ1) is 13.1. The minimum absolute atomic E-state index is 0.280. The molecule has 2 nitrogen and oxygen atoms in total. The molecule has 2 heteroatoms. The number of carbonyl (C=O) groups excluding carboxylic acids is 1. The van der Waals surface area contributed by atoms with Gasteiger partial charge in [0.2, 0.25) is 0 Å². The standard InChI is InChI=1S/C16H22O2/c1-12(2)15(17)18-16(3,13-8-4-5-9-13)14-10-6-7-11-14/h8,10H,1,4-7,9,11H2,2-3H3. The summed E-state index contributed by atoms with van der Waals surface area (Å²) in [7, 11) is 0. The Kier molecular flexibility index (Phi) is 3.74. The lowest BCUT2D eigenvalue weighted by Gasteiger charge is -2.33. The van der Waals surface area contributed by atoms with Gasteiger partial charge in [0.25, 0.3) is 0 Å². The topological polar surface area (TPSA) is 26.3 Å². The van der Waals surface area contributed by atoms with Gasteiger partial charge in [-0.05, 0) is 63.5 Å². The van der Waals surface area contributed by atoms with Gasteiger partial charge in [-0.25, -0.2) is 4.79 Å². The lowest BCUT2D eigenvalue weighted by atomic mass is 9.86. The predicted octanol–water partition coefficient (Wildman–Crippen LogP) is 4.09. The van der Waals surface area contributed by atoms with Gasteiger partial charge in [-0.2, -0.15) is 0 Å². The molecule has 2 aliphatic carbocycles. The van der Waals surface area contributed by atoms with E-state index in [1.807, 2.05) is 6.92 Å². The van der Waals surface area contributed by atoms with E-state index < -0.39 is 5.60 Å². The third-order valence-electron chi connectivity index (χ3n) is 3.95. The summed E-state index contributed by atoms with van der Waals surface area (Å²) < 4.78 is 5.79. The summed E-state index contributed by atoms with van der Waals surface area (Å²) in [5, 5.41) is 0. The van der Waals surface area contributed by atoms with Crippen LogP contribution in [0.1, 0.15) is 52.4 Å². The van der Waals surface area contributed by atoms with Gasteiger partial charge in [0.05, 0.1) is 0 Å². The summed E-state index contributed by atoms with van der Waals surface area (Å²) in [5.41, 5.74) is 2.48. The highest BCUT2D eigenvalue weighted by Crippen LogP contribution is 2.41. The Balaban J connectivity index is 2.27. The first-order valence-electron chi connectivity index (χ1n) is 6.82. The van der Waals surface area contributed by atoms with Crippen LogP contribution in [0.4, 0.5) is 0 Å². The van der Waals surface area contributed by atoms with Gasteiger partial charge in [0, 0.05) is 5.57 Å². The van der Waals surface area contributed by atoms with E-state index in [2.05, 4.69) is 18.7 Å². The summed E-state index contributed by atoms with van der Waals surface area (Å²) >= 11 is 0. The van der Waals surface area contributed by atoms with Gasteiger partial charge in [-0.1, -0.05) is 18.7 Å². The Morgan fingerprint density at radius 3 is 2.06 bits per heavy atom. The maximum absolute atomic E-state index is 11.9. The Morgan fingerprint density at radius 2 is 1.72 bits per heavy atom. The number of carbonyl (C=O) groups is 1. The first-order chi connectivity index (χ1) is 8.54. The molecule has 0 spiro atoms. The summed E-state index contributed by atoms with van der Waals surface area (Å²) in [6.45, 7) is 7.43. The molecule has 0 aromatic carbocycles. The van der Waals surface area contributed by atoms with Crippen LogP contribution in [-0.4, -0.2) is 11.6 Å². The molecule has 0 N–H and O–H groups in total. The minimum atomic E-state index is -0.525. The molecule has 0 aromatic rings. The van der Waals surface area contributed by atoms with Crippen LogP contribution in [0.3, 0.4) is 0 Å². The van der Waals surface area contributed by atoms with Crippen LogP contribution in [-0.2, 0) is 9.53 Å². The van der Waals surface area contributed by atoms with Crippen LogP contribution in [0, 0.1) is 0 Å². The fourth-order valence-corrected chi connectivity index (χ4v) is 2.82. The van der Waals surface area contributed by atoms with Crippen LogP contribution in [0.25, 0.3) is 0 Å². The maximum Gasteiger partial charge on any atom is 0.334 e. The molecule has 0 radical (unpaired) electrons. The normalized spacial score (nSPS) is 19.4. The lowest BCUT2D eigenvalue weighted by molar-refractivity contribution is -0.147. The van der Waals surface area contributed by atoms with E-state index in [1.54, 1.807) is 6.92 Å². The molecule has 2 aliphatic rings. The second-order valence-electron chi connectivity index (χ2n) is 5.45. The van der Waals surface area contributed by atoms with Gasteiger partial charge in [-0.15, -0.1) is 0 Å². The Bertz CT molecular complexity index is 402. The van der Waals surface area contributed by atoms with Crippen LogP contribution in [0.2, 0.25) is 0 Å². The maximum atomic E-state index is 11.9. The van der Waals surface area contributed by atoms with Crippen LogP contribution < -0.4 is 0 Å². The van der Waals surface area contributed by atoms with Crippen molar-refractivity contribution >= 4 is 5.97 Å². The smallest absolute Gasteiger partial charge is 0.334 e. The van der Waals surface area contributed by atoms with Crippen molar-refractivity contribution < 1.29 is 9.53 Å². The van der Waals surface area contributed by atoms with Crippen molar-refractivity contribution in [3.63, 3.8) is 0 Å². The van der Waals surface area contributed by atoms with E-state index >= 15 is 0 Å². The van der Waals surface area contributed by atoms with E-state index in [1.165, 1.54) is 24.0 Å². The average molecular weight is 246 g/mol. The van der Waals surface area contributed by atoms with Gasteiger partial charge in [0.15, 0.2) is 5.60 Å². The Hall–Kier alpha value is -1.31. The van der Waals surface area contributed by atoms with Gasteiger partial charge in [-0.3, -0.25) is 0 Å². The number of hydrogen-bond donors (Lipinski definition) is 0. The van der Waals surface area contributed by atoms with Crippen molar-refractivity contribution in [3.05, 3.63) is 35.5 Å². The number of allylic oxidation sites excluding steroid dienone is 2. The summed E-state index contributed by atoms with van der Waals surface area (Å²) in [6.07, 6.45) is 11.1. The zero-order valence-corrected chi connectivity index (χ0v) is 11.4. The minimum Gasteiger partial charge on any atom is -0.447 e. The van der Waals surface area contributed by atoms with Crippen molar-refractivity contribution in [3.8, 4) is 0 Å². The molecule has 0 unspecified atom stereocenters. The Labute approximate surface area is 109 Å². The number of ether oxygens (including phenoxy) is 1. The zero-order chi connectivity index (χ0) is 13.2. The monoisotopic (exact) mass is 246 g/mol. The first-order valence-corrected chi connectivity index (χ1v) is 6.82. The highest BCUT2D eigenvalue weighted by molar-refractivity contribution is 5.87. The van der Waals surface area contributed by atoms with E-state index in [4.69, 9.17) is 4.74 Å². The van der Waals surface area contributed by atoms with Crippen molar-refractivity contribution in [1.29, 1.82) is 0 Å². The van der Waals surface area contributed by atoms with Crippen molar-refractivity contribution in [2.24, 2.45) is 0 Å². The largest absolute Gasteiger partial charge is 0.447 e. The molecule has 0 bridgehead atoms. The predicted molar refractivity (Wildman–Crippen MR) is 73.2 cm³/mol. The van der Waals surface area contributed by atoms with Crippen LogP contribution in [0.5, 0.6) is 0 Å². The second-order valence-corrected chi connectivity index (χ2v) is 5.45. The highest BCUT2D eigenvalue weighted by atomic mass is 16.6. The lowest BCUT2D eigenvalue weighted by Crippen LogP contribution is -2.35. The fraction of sp³-hybridized carbons (Fsp3) is 0.562. The van der Waals surface area contributed by atoms with E-state index in [0.717, 1.165) is 25.7 Å². The van der Waals surface area contributed by atoms with Crippen molar-refractivity contribution in [1.82, 2.24) is 0 Å². The molecule has 0 aliphatic heterocycles. The zero-order valence-electron chi connectivity index (χ0n) is 11.4. The number of hydrogen-bond acceptors (Lipinski definition) is 2. The Morgan fingerprint density at radius 1 is 1.22 bits per heavy atom. The van der Waals surface area contributed by atoms with Crippen molar-refractivity contribution in [2.45, 2.75) is 58.0 Å². The molecular weight excluding hydrogens is 224 g/mol. The molecule has 2 rings (SSSR count). The molecular formula is C16H22O2. The number of esters is 1. The molecule has 0 fully saturated rings. The SMILES string of the molecule is C=C(C)C(=O)OC(C)(C1=CCCC1)C1=CCCC1. The summed E-state index contributed by atoms with van der Waals surface area (Å²) in [5.74, 6) is -0.280. The van der Waals surface area contributed by atoms with Crippen LogP contribution in [0.15, 0.2) is 35.5 Å². The molecule has 18 heavy (non-hydrogen) atoms. The molecule has 0 saturated heterocycles. The van der Waals surface area contributed by atoms with E-state index in [-0.39, 0.29) is 5.97 Å². The summed E-state index contributed by atoms with van der Waals surface area (Å²) in [4.78, 5) is 11.9. The van der Waals surface area contributed by atoms with Crippen molar-refractivity contribution in [2.75, 3.05) is 0 Å². The quantitative estimate of drug-likeness (QED) is 0.424. The van der Waals surface area contributed by atoms with Gasteiger partial charge >= 0.3 is 5.97 Å². The average Bonchev–Trinajstić information content (AvgIpc) is 3.02. The molecule has 0 saturated carbocycles. The van der Waals surface area contributed by atoms with E-state index in [9.17, 15) is 4.79 Å². The number of rotatable bonds is 4. The second kappa shape index (κ2) is 5.13. The fourth-order valence-electron chi connectivity index (χ4n) is 2.82. The highest BCUT2D eigenvalue weighted by Gasteiger charge is 2.38. The third-order valence-corrected chi connectivity index (χ3v) is 3.95. The third kappa shape index (κ3) is 2.43. The van der Waals surface area contributed by atoms with Gasteiger partial charge < -0.3 is 4.74 Å². The molecule has 0 amide bonds. The summed E-state index contributed by atoms with van der Waals surface area (Å²) in [6, 6.07) is 0. The van der Waals surface area contributed by atoms with E-state index in [0.29, 0.717) is 5.57 Å². The van der Waals surface area contributed by atoms with Gasteiger partial charge in [0.1, 0.15) is 0 Å². The van der Waals surface area contributed by atoms with Crippen LogP contribution >= 0.6 is 0 Å². The molecule has 0 heterocycles. The molecule has 0 atom stereocenters.